The van der Waals surface area contributed by atoms with Crippen LogP contribution in [0.5, 0.6) is 5.75 Å². The molecule has 0 saturated heterocycles. The van der Waals surface area contributed by atoms with Crippen molar-refractivity contribution in [2.45, 2.75) is 13.3 Å². The molecule has 0 saturated carbocycles. The van der Waals surface area contributed by atoms with Crippen LogP contribution in [0.1, 0.15) is 18.1 Å². The van der Waals surface area contributed by atoms with Gasteiger partial charge in [0.1, 0.15) is 11.6 Å². The summed E-state index contributed by atoms with van der Waals surface area (Å²) in [7, 11) is 1.62. The zero-order valence-corrected chi connectivity index (χ0v) is 13.3. The third-order valence-corrected chi connectivity index (χ3v) is 3.47. The van der Waals surface area contributed by atoms with E-state index in [1.165, 1.54) is 6.07 Å². The van der Waals surface area contributed by atoms with Gasteiger partial charge in [0.2, 0.25) is 5.91 Å². The number of carbonyl (C=O) groups is 1. The summed E-state index contributed by atoms with van der Waals surface area (Å²) in [6.45, 7) is 2.18. The van der Waals surface area contributed by atoms with Gasteiger partial charge in [-0.15, -0.1) is 0 Å². The highest BCUT2D eigenvalue weighted by Crippen LogP contribution is 2.13. The van der Waals surface area contributed by atoms with Gasteiger partial charge in [0, 0.05) is 17.7 Å². The Bertz CT molecular complexity index is 710. The minimum atomic E-state index is -0.337. The predicted molar refractivity (Wildman–Crippen MR) is 89.8 cm³/mol. The molecular formula is C19H20FNO2. The Morgan fingerprint density at radius 3 is 2.74 bits per heavy atom. The van der Waals surface area contributed by atoms with Crippen LogP contribution in [0.4, 0.5) is 4.39 Å². The van der Waals surface area contributed by atoms with Crippen molar-refractivity contribution < 1.29 is 13.9 Å². The number of hydrogen-bond acceptors (Lipinski definition) is 2. The van der Waals surface area contributed by atoms with E-state index >= 15 is 0 Å². The van der Waals surface area contributed by atoms with E-state index in [9.17, 15) is 9.18 Å². The minimum absolute atomic E-state index is 0.198. The lowest BCUT2D eigenvalue weighted by Gasteiger charge is -2.07. The van der Waals surface area contributed by atoms with Crippen LogP contribution >= 0.6 is 0 Å². The lowest BCUT2D eigenvalue weighted by atomic mass is 10.1. The van der Waals surface area contributed by atoms with Gasteiger partial charge >= 0.3 is 0 Å². The van der Waals surface area contributed by atoms with Crippen LogP contribution in [0.15, 0.2) is 54.1 Å². The van der Waals surface area contributed by atoms with Crippen LogP contribution in [0.2, 0.25) is 0 Å². The van der Waals surface area contributed by atoms with E-state index in [0.29, 0.717) is 24.1 Å². The summed E-state index contributed by atoms with van der Waals surface area (Å²) in [6, 6.07) is 14.1. The molecule has 0 aromatic heterocycles. The molecule has 0 fully saturated rings. The summed E-state index contributed by atoms with van der Waals surface area (Å²) in [5.41, 5.74) is 1.97. The van der Waals surface area contributed by atoms with Gasteiger partial charge in [0.15, 0.2) is 0 Å². The normalized spacial score (nSPS) is 11.2. The number of halogens is 1. The first kappa shape index (κ1) is 16.7. The summed E-state index contributed by atoms with van der Waals surface area (Å²) < 4.78 is 18.7. The molecule has 0 atom stereocenters. The average molecular weight is 313 g/mol. The third-order valence-electron chi connectivity index (χ3n) is 3.47. The largest absolute Gasteiger partial charge is 0.497 e. The second-order valence-electron chi connectivity index (χ2n) is 5.21. The summed E-state index contributed by atoms with van der Waals surface area (Å²) in [6.07, 6.45) is 2.26. The molecule has 120 valence electrons. The highest BCUT2D eigenvalue weighted by atomic mass is 19.1. The summed E-state index contributed by atoms with van der Waals surface area (Å²) in [5.74, 6) is 0.261. The first-order chi connectivity index (χ1) is 11.1. The van der Waals surface area contributed by atoms with Crippen molar-refractivity contribution in [3.05, 3.63) is 71.0 Å². The third kappa shape index (κ3) is 4.95. The number of rotatable bonds is 6. The molecule has 0 spiro atoms. The van der Waals surface area contributed by atoms with Gasteiger partial charge in [0.25, 0.3) is 0 Å². The van der Waals surface area contributed by atoms with Crippen molar-refractivity contribution in [2.75, 3.05) is 13.7 Å². The molecule has 0 aliphatic carbocycles. The topological polar surface area (TPSA) is 38.3 Å². The molecule has 0 heterocycles. The molecule has 2 aromatic carbocycles. The van der Waals surface area contributed by atoms with Crippen LogP contribution in [-0.4, -0.2) is 19.6 Å². The number of hydrogen-bond donors (Lipinski definition) is 1. The molecule has 0 bridgehead atoms. The fourth-order valence-corrected chi connectivity index (χ4v) is 2.18. The molecule has 0 radical (unpaired) electrons. The first-order valence-electron chi connectivity index (χ1n) is 7.44. The van der Waals surface area contributed by atoms with Crippen LogP contribution in [-0.2, 0) is 11.2 Å². The second kappa shape index (κ2) is 8.13. The standard InChI is InChI=1S/C19H20FNO2/c1-14(12-16-7-3-4-9-18(16)20)19(22)21-11-10-15-6-5-8-17(13-15)23-2/h3-9,12-13H,10-11H2,1-2H3,(H,21,22)/b14-12+. The molecule has 2 rings (SSSR count). The van der Waals surface area contributed by atoms with Crippen LogP contribution < -0.4 is 10.1 Å². The van der Waals surface area contributed by atoms with Crippen molar-refractivity contribution in [3.63, 3.8) is 0 Å². The molecular weight excluding hydrogens is 293 g/mol. The maximum absolute atomic E-state index is 13.6. The van der Waals surface area contributed by atoms with Gasteiger partial charge in [-0.2, -0.15) is 0 Å². The van der Waals surface area contributed by atoms with Crippen molar-refractivity contribution in [1.29, 1.82) is 0 Å². The average Bonchev–Trinajstić information content (AvgIpc) is 2.57. The lowest BCUT2D eigenvalue weighted by Crippen LogP contribution is -2.26. The highest BCUT2D eigenvalue weighted by Gasteiger charge is 2.06. The van der Waals surface area contributed by atoms with E-state index < -0.39 is 0 Å². The summed E-state index contributed by atoms with van der Waals surface area (Å²) in [4.78, 5) is 12.0. The van der Waals surface area contributed by atoms with Gasteiger partial charge in [-0.3, -0.25) is 4.79 Å². The van der Waals surface area contributed by atoms with Gasteiger partial charge in [-0.05, 0) is 43.2 Å². The van der Waals surface area contributed by atoms with E-state index in [4.69, 9.17) is 4.74 Å². The van der Waals surface area contributed by atoms with Crippen molar-refractivity contribution in [1.82, 2.24) is 5.32 Å². The summed E-state index contributed by atoms with van der Waals surface area (Å²) in [5, 5.41) is 2.84. The number of amides is 1. The number of methoxy groups -OCH3 is 1. The highest BCUT2D eigenvalue weighted by molar-refractivity contribution is 5.97. The Balaban J connectivity index is 1.90. The molecule has 23 heavy (non-hydrogen) atoms. The van der Waals surface area contributed by atoms with E-state index in [1.807, 2.05) is 24.3 Å². The molecule has 0 aliphatic rings. The quantitative estimate of drug-likeness (QED) is 0.828. The second-order valence-corrected chi connectivity index (χ2v) is 5.21. The van der Waals surface area contributed by atoms with Gasteiger partial charge < -0.3 is 10.1 Å². The van der Waals surface area contributed by atoms with Gasteiger partial charge in [-0.25, -0.2) is 4.39 Å². The number of carbonyl (C=O) groups excluding carboxylic acids is 1. The van der Waals surface area contributed by atoms with Crippen molar-refractivity contribution >= 4 is 12.0 Å². The predicted octanol–water partition coefficient (Wildman–Crippen LogP) is 3.60. The molecule has 1 N–H and O–H groups in total. The summed E-state index contributed by atoms with van der Waals surface area (Å²) >= 11 is 0. The first-order valence-corrected chi connectivity index (χ1v) is 7.44. The smallest absolute Gasteiger partial charge is 0.246 e. The van der Waals surface area contributed by atoms with Gasteiger partial charge in [-0.1, -0.05) is 30.3 Å². The van der Waals surface area contributed by atoms with Crippen LogP contribution in [0.25, 0.3) is 6.08 Å². The van der Waals surface area contributed by atoms with Crippen LogP contribution in [0.3, 0.4) is 0 Å². The van der Waals surface area contributed by atoms with E-state index in [-0.39, 0.29) is 11.7 Å². The SMILES string of the molecule is COc1cccc(CCNC(=O)/C(C)=C/c2ccccc2F)c1. The molecule has 3 nitrogen and oxygen atoms in total. The molecule has 0 aliphatic heterocycles. The Morgan fingerprint density at radius 2 is 2.00 bits per heavy atom. The number of benzene rings is 2. The van der Waals surface area contributed by atoms with Crippen LogP contribution in [0, 0.1) is 5.82 Å². The number of ether oxygens (including phenoxy) is 1. The zero-order chi connectivity index (χ0) is 16.7. The molecule has 0 unspecified atom stereocenters. The van der Waals surface area contributed by atoms with E-state index in [0.717, 1.165) is 11.3 Å². The molecule has 4 heteroatoms. The minimum Gasteiger partial charge on any atom is -0.497 e. The zero-order valence-electron chi connectivity index (χ0n) is 13.3. The lowest BCUT2D eigenvalue weighted by molar-refractivity contribution is -0.117. The fourth-order valence-electron chi connectivity index (χ4n) is 2.18. The Kier molecular flexibility index (Phi) is 5.92. The van der Waals surface area contributed by atoms with Crippen molar-refractivity contribution in [2.24, 2.45) is 0 Å². The fraction of sp³-hybridized carbons (Fsp3) is 0.211. The van der Waals surface area contributed by atoms with Crippen molar-refractivity contribution in [3.8, 4) is 5.75 Å². The maximum atomic E-state index is 13.6. The Labute approximate surface area is 135 Å². The molecule has 1 amide bonds. The van der Waals surface area contributed by atoms with E-state index in [2.05, 4.69) is 5.32 Å². The Hall–Kier alpha value is -2.62. The molecule has 2 aromatic rings. The maximum Gasteiger partial charge on any atom is 0.246 e. The Morgan fingerprint density at radius 1 is 1.22 bits per heavy atom. The van der Waals surface area contributed by atoms with Gasteiger partial charge in [0.05, 0.1) is 7.11 Å². The monoisotopic (exact) mass is 313 g/mol. The number of nitrogens with one attached hydrogen (secondary N) is 1. The van der Waals surface area contributed by atoms with E-state index in [1.54, 1.807) is 38.3 Å².